The Morgan fingerprint density at radius 2 is 2.50 bits per heavy atom. The molecule has 2 heterocycles. The lowest BCUT2D eigenvalue weighted by atomic mass is 10.3. The molecule has 0 aromatic carbocycles. The fourth-order valence-corrected chi connectivity index (χ4v) is 1.46. The van der Waals surface area contributed by atoms with Crippen LogP contribution in [0.15, 0.2) is 6.33 Å². The molecule has 0 saturated carbocycles. The van der Waals surface area contributed by atoms with E-state index in [0.29, 0.717) is 12.4 Å². The Labute approximate surface area is 81.9 Å². The Bertz CT molecular complexity index is 334. The summed E-state index contributed by atoms with van der Waals surface area (Å²) in [5.41, 5.74) is 0. The summed E-state index contributed by atoms with van der Waals surface area (Å²) in [4.78, 5) is 17.2. The van der Waals surface area contributed by atoms with E-state index >= 15 is 0 Å². The first-order chi connectivity index (χ1) is 6.75. The van der Waals surface area contributed by atoms with Crippen LogP contribution in [0.4, 0.5) is 4.79 Å². The zero-order chi connectivity index (χ0) is 9.97. The maximum Gasteiger partial charge on any atom is 0.317 e. The van der Waals surface area contributed by atoms with E-state index in [1.165, 1.54) is 0 Å². The molecule has 0 radical (unpaired) electrons. The fraction of sp³-hybridized carbons (Fsp3) is 0.625. The average molecular weight is 195 g/mol. The van der Waals surface area contributed by atoms with Gasteiger partial charge in [-0.2, -0.15) is 5.10 Å². The second kappa shape index (κ2) is 3.65. The van der Waals surface area contributed by atoms with Crippen molar-refractivity contribution in [3.63, 3.8) is 0 Å². The van der Waals surface area contributed by atoms with Gasteiger partial charge in [-0.25, -0.2) is 9.78 Å². The van der Waals surface area contributed by atoms with E-state index in [4.69, 9.17) is 0 Å². The Hall–Kier alpha value is -1.59. The van der Waals surface area contributed by atoms with Gasteiger partial charge in [0.05, 0.1) is 6.54 Å². The molecule has 0 unspecified atom stereocenters. The van der Waals surface area contributed by atoms with Crippen LogP contribution in [-0.2, 0) is 13.6 Å². The van der Waals surface area contributed by atoms with Crippen molar-refractivity contribution in [1.82, 2.24) is 25.0 Å². The lowest BCUT2D eigenvalue weighted by Gasteiger charge is -2.26. The van der Waals surface area contributed by atoms with Crippen molar-refractivity contribution in [1.29, 1.82) is 0 Å². The van der Waals surface area contributed by atoms with Crippen LogP contribution in [0.25, 0.3) is 0 Å². The van der Waals surface area contributed by atoms with E-state index in [1.807, 2.05) is 7.05 Å². The SMILES string of the molecule is Cn1cnc(CN2CCCNC2=O)n1. The summed E-state index contributed by atoms with van der Waals surface area (Å²) in [6.07, 6.45) is 2.62. The van der Waals surface area contributed by atoms with Crippen LogP contribution in [0.1, 0.15) is 12.2 Å². The van der Waals surface area contributed by atoms with Crippen molar-refractivity contribution in [2.75, 3.05) is 13.1 Å². The smallest absolute Gasteiger partial charge is 0.317 e. The molecule has 0 bridgehead atoms. The van der Waals surface area contributed by atoms with Crippen LogP contribution in [-0.4, -0.2) is 38.8 Å². The number of amides is 2. The first kappa shape index (κ1) is 8.98. The monoisotopic (exact) mass is 195 g/mol. The van der Waals surface area contributed by atoms with Gasteiger partial charge in [-0.15, -0.1) is 0 Å². The van der Waals surface area contributed by atoms with Crippen LogP contribution >= 0.6 is 0 Å². The third-order valence-corrected chi connectivity index (χ3v) is 2.15. The van der Waals surface area contributed by atoms with Crippen LogP contribution in [0, 0.1) is 0 Å². The minimum absolute atomic E-state index is 0.0243. The molecule has 1 aliphatic rings. The number of nitrogens with zero attached hydrogens (tertiary/aromatic N) is 4. The lowest BCUT2D eigenvalue weighted by molar-refractivity contribution is 0.181. The van der Waals surface area contributed by atoms with Gasteiger partial charge in [0.15, 0.2) is 5.82 Å². The minimum atomic E-state index is -0.0243. The van der Waals surface area contributed by atoms with Gasteiger partial charge < -0.3 is 10.2 Å². The molecule has 1 aliphatic heterocycles. The maximum atomic E-state index is 11.4. The number of urea groups is 1. The maximum absolute atomic E-state index is 11.4. The number of aryl methyl sites for hydroxylation is 1. The number of hydrogen-bond acceptors (Lipinski definition) is 3. The Balaban J connectivity index is 1.99. The number of aromatic nitrogens is 3. The molecule has 76 valence electrons. The number of carbonyl (C=O) groups excluding carboxylic acids is 1. The molecule has 1 fully saturated rings. The van der Waals surface area contributed by atoms with E-state index in [0.717, 1.165) is 19.5 Å². The van der Waals surface area contributed by atoms with Crippen LogP contribution in [0.3, 0.4) is 0 Å². The van der Waals surface area contributed by atoms with Gasteiger partial charge in [-0.05, 0) is 6.42 Å². The second-order valence-corrected chi connectivity index (χ2v) is 3.34. The van der Waals surface area contributed by atoms with Gasteiger partial charge in [0.1, 0.15) is 6.33 Å². The van der Waals surface area contributed by atoms with Gasteiger partial charge >= 0.3 is 6.03 Å². The van der Waals surface area contributed by atoms with Crippen LogP contribution in [0.2, 0.25) is 0 Å². The van der Waals surface area contributed by atoms with Crippen LogP contribution < -0.4 is 5.32 Å². The average Bonchev–Trinajstić information content (AvgIpc) is 2.56. The quantitative estimate of drug-likeness (QED) is 0.706. The normalized spacial score (nSPS) is 16.9. The Morgan fingerprint density at radius 1 is 1.64 bits per heavy atom. The highest BCUT2D eigenvalue weighted by Crippen LogP contribution is 2.03. The largest absolute Gasteiger partial charge is 0.338 e. The lowest BCUT2D eigenvalue weighted by Crippen LogP contribution is -2.45. The number of nitrogens with one attached hydrogen (secondary N) is 1. The van der Waals surface area contributed by atoms with Crippen molar-refractivity contribution in [2.24, 2.45) is 7.05 Å². The van der Waals surface area contributed by atoms with Gasteiger partial charge in [-0.3, -0.25) is 4.68 Å². The van der Waals surface area contributed by atoms with Gasteiger partial charge in [-0.1, -0.05) is 0 Å². The highest BCUT2D eigenvalue weighted by Gasteiger charge is 2.18. The molecule has 14 heavy (non-hydrogen) atoms. The summed E-state index contributed by atoms with van der Waals surface area (Å²) < 4.78 is 1.64. The second-order valence-electron chi connectivity index (χ2n) is 3.34. The fourth-order valence-electron chi connectivity index (χ4n) is 1.46. The first-order valence-electron chi connectivity index (χ1n) is 4.63. The first-order valence-corrected chi connectivity index (χ1v) is 4.63. The van der Waals surface area contributed by atoms with E-state index in [2.05, 4.69) is 15.4 Å². The van der Waals surface area contributed by atoms with E-state index in [1.54, 1.807) is 15.9 Å². The molecule has 1 saturated heterocycles. The predicted octanol–water partition coefficient (Wildman–Crippen LogP) is -0.270. The number of rotatable bonds is 2. The summed E-state index contributed by atoms with van der Waals surface area (Å²) in [5.74, 6) is 0.685. The van der Waals surface area contributed by atoms with Crippen molar-refractivity contribution in [3.05, 3.63) is 12.2 Å². The third-order valence-electron chi connectivity index (χ3n) is 2.15. The zero-order valence-corrected chi connectivity index (χ0v) is 8.10. The molecule has 2 amide bonds. The number of carbonyl (C=O) groups is 1. The minimum Gasteiger partial charge on any atom is -0.338 e. The number of hydrogen-bond donors (Lipinski definition) is 1. The molecule has 1 aromatic heterocycles. The van der Waals surface area contributed by atoms with E-state index in [-0.39, 0.29) is 6.03 Å². The standard InChI is InChI=1S/C8H13N5O/c1-12-6-10-7(11-12)5-13-4-2-3-9-8(13)14/h6H,2-5H2,1H3,(H,9,14). The highest BCUT2D eigenvalue weighted by molar-refractivity contribution is 5.74. The zero-order valence-electron chi connectivity index (χ0n) is 8.10. The molecule has 0 aliphatic carbocycles. The van der Waals surface area contributed by atoms with Crippen molar-refractivity contribution in [2.45, 2.75) is 13.0 Å². The molecule has 1 aromatic rings. The molecule has 6 heteroatoms. The predicted molar refractivity (Wildman–Crippen MR) is 49.4 cm³/mol. The molecule has 0 spiro atoms. The summed E-state index contributed by atoms with van der Waals surface area (Å²) in [6, 6.07) is -0.0243. The molecule has 2 rings (SSSR count). The van der Waals surface area contributed by atoms with Crippen molar-refractivity contribution in [3.8, 4) is 0 Å². The van der Waals surface area contributed by atoms with Crippen molar-refractivity contribution < 1.29 is 4.79 Å². The highest BCUT2D eigenvalue weighted by atomic mass is 16.2. The van der Waals surface area contributed by atoms with Gasteiger partial charge in [0.25, 0.3) is 0 Å². The Morgan fingerprint density at radius 3 is 3.14 bits per heavy atom. The van der Waals surface area contributed by atoms with Crippen LogP contribution in [0.5, 0.6) is 0 Å². The van der Waals surface area contributed by atoms with Gasteiger partial charge in [0, 0.05) is 20.1 Å². The molecular weight excluding hydrogens is 182 g/mol. The molecule has 1 N–H and O–H groups in total. The summed E-state index contributed by atoms with van der Waals surface area (Å²) in [6.45, 7) is 2.04. The topological polar surface area (TPSA) is 63.1 Å². The summed E-state index contributed by atoms with van der Waals surface area (Å²) >= 11 is 0. The summed E-state index contributed by atoms with van der Waals surface area (Å²) in [5, 5.41) is 6.91. The molecular formula is C8H13N5O. The molecule has 6 nitrogen and oxygen atoms in total. The summed E-state index contributed by atoms with van der Waals surface area (Å²) in [7, 11) is 1.81. The Kier molecular flexibility index (Phi) is 2.34. The third kappa shape index (κ3) is 1.84. The molecule has 0 atom stereocenters. The van der Waals surface area contributed by atoms with Crippen molar-refractivity contribution >= 4 is 6.03 Å². The van der Waals surface area contributed by atoms with Gasteiger partial charge in [0.2, 0.25) is 0 Å². The van der Waals surface area contributed by atoms with E-state index < -0.39 is 0 Å². The van der Waals surface area contributed by atoms with E-state index in [9.17, 15) is 4.79 Å².